The Balaban J connectivity index is 1.61. The highest BCUT2D eigenvalue weighted by molar-refractivity contribution is 7.13. The van der Waals surface area contributed by atoms with Gasteiger partial charge in [-0.2, -0.15) is 0 Å². The van der Waals surface area contributed by atoms with Crippen LogP contribution in [0, 0.1) is 0 Å². The number of benzene rings is 2. The summed E-state index contributed by atoms with van der Waals surface area (Å²) in [6.45, 7) is 0. The van der Waals surface area contributed by atoms with E-state index in [1.54, 1.807) is 18.2 Å². The molecule has 6 heteroatoms. The smallest absolute Gasteiger partial charge is 0.275 e. The van der Waals surface area contributed by atoms with Gasteiger partial charge in [0.2, 0.25) is 5.91 Å². The number of amides is 1. The van der Waals surface area contributed by atoms with Gasteiger partial charge in [-0.25, -0.2) is 4.98 Å². The van der Waals surface area contributed by atoms with E-state index in [1.165, 1.54) is 11.3 Å². The minimum Gasteiger partial charge on any atom is -0.326 e. The van der Waals surface area contributed by atoms with Crippen molar-refractivity contribution < 1.29 is 4.79 Å². The van der Waals surface area contributed by atoms with Crippen LogP contribution in [-0.4, -0.2) is 15.9 Å². The van der Waals surface area contributed by atoms with Crippen LogP contribution in [0.5, 0.6) is 0 Å². The van der Waals surface area contributed by atoms with E-state index >= 15 is 0 Å². The predicted molar refractivity (Wildman–Crippen MR) is 104 cm³/mol. The Labute approximate surface area is 153 Å². The van der Waals surface area contributed by atoms with E-state index < -0.39 is 0 Å². The summed E-state index contributed by atoms with van der Waals surface area (Å²) >= 11 is 1.46. The van der Waals surface area contributed by atoms with Gasteiger partial charge in [-0.1, -0.05) is 36.4 Å². The molecule has 0 saturated carbocycles. The van der Waals surface area contributed by atoms with E-state index in [4.69, 9.17) is 0 Å². The third-order valence-corrected chi connectivity index (χ3v) is 4.82. The van der Waals surface area contributed by atoms with Gasteiger partial charge in [-0.15, -0.1) is 11.3 Å². The second kappa shape index (κ2) is 6.93. The monoisotopic (exact) mass is 361 g/mol. The molecule has 0 radical (unpaired) electrons. The lowest BCUT2D eigenvalue weighted by Crippen LogP contribution is -2.15. The molecule has 0 atom stereocenters. The molecule has 0 aliphatic heterocycles. The average Bonchev–Trinajstić information content (AvgIpc) is 3.16. The van der Waals surface area contributed by atoms with Crippen LogP contribution in [0.1, 0.15) is 5.56 Å². The van der Waals surface area contributed by atoms with Crippen LogP contribution in [-0.2, 0) is 11.2 Å². The molecule has 4 rings (SSSR count). The molecule has 1 amide bonds. The molecule has 4 aromatic rings. The Hall–Kier alpha value is -3.25. The van der Waals surface area contributed by atoms with E-state index in [1.807, 2.05) is 47.8 Å². The number of aromatic nitrogens is 2. The van der Waals surface area contributed by atoms with Crippen LogP contribution in [0.3, 0.4) is 0 Å². The minimum atomic E-state index is -0.221. The van der Waals surface area contributed by atoms with E-state index in [2.05, 4.69) is 15.3 Å². The molecule has 0 bridgehead atoms. The molecule has 0 spiro atoms. The maximum absolute atomic E-state index is 12.2. The van der Waals surface area contributed by atoms with Crippen molar-refractivity contribution in [1.82, 2.24) is 9.97 Å². The predicted octanol–water partition coefficient (Wildman–Crippen LogP) is 3.83. The lowest BCUT2D eigenvalue weighted by atomic mass is 10.1. The van der Waals surface area contributed by atoms with Gasteiger partial charge < -0.3 is 10.3 Å². The number of nitrogens with one attached hydrogen (secondary N) is 2. The lowest BCUT2D eigenvalue weighted by molar-refractivity contribution is -0.115. The number of anilines is 1. The van der Waals surface area contributed by atoms with E-state index in [0.717, 1.165) is 10.4 Å². The Bertz CT molecular complexity index is 1120. The largest absolute Gasteiger partial charge is 0.326 e. The van der Waals surface area contributed by atoms with Crippen molar-refractivity contribution in [2.24, 2.45) is 0 Å². The van der Waals surface area contributed by atoms with Crippen molar-refractivity contribution in [2.75, 3.05) is 5.32 Å². The summed E-state index contributed by atoms with van der Waals surface area (Å²) in [4.78, 5) is 32.6. The van der Waals surface area contributed by atoms with Crippen molar-refractivity contribution in [3.63, 3.8) is 0 Å². The molecular formula is C20H15N3O2S. The summed E-state index contributed by atoms with van der Waals surface area (Å²) in [6, 6.07) is 18.6. The Morgan fingerprint density at radius 2 is 1.92 bits per heavy atom. The molecule has 0 fully saturated rings. The normalized spacial score (nSPS) is 10.8. The first-order valence-corrected chi connectivity index (χ1v) is 8.99. The zero-order valence-electron chi connectivity index (χ0n) is 13.7. The van der Waals surface area contributed by atoms with Gasteiger partial charge in [0.25, 0.3) is 5.56 Å². The van der Waals surface area contributed by atoms with Gasteiger partial charge in [0.05, 0.1) is 22.3 Å². The van der Waals surface area contributed by atoms with Gasteiger partial charge in [0.1, 0.15) is 5.69 Å². The number of nitrogens with zero attached hydrogens (tertiary/aromatic N) is 1. The lowest BCUT2D eigenvalue weighted by Gasteiger charge is -2.07. The summed E-state index contributed by atoms with van der Waals surface area (Å²) in [5, 5.41) is 4.79. The minimum absolute atomic E-state index is 0.0987. The van der Waals surface area contributed by atoms with Gasteiger partial charge in [-0.05, 0) is 35.2 Å². The van der Waals surface area contributed by atoms with Crippen LogP contribution in [0.2, 0.25) is 0 Å². The number of rotatable bonds is 4. The van der Waals surface area contributed by atoms with Gasteiger partial charge in [-0.3, -0.25) is 9.59 Å². The number of carbonyl (C=O) groups is 1. The Morgan fingerprint density at radius 1 is 1.08 bits per heavy atom. The van der Waals surface area contributed by atoms with Crippen LogP contribution in [0.15, 0.2) is 70.8 Å². The number of hydrogen-bond acceptors (Lipinski definition) is 4. The SMILES string of the molecule is O=C(Cc1ccccc1)Nc1ccc2[nH]c(=O)c(-c3cccs3)nc2c1. The molecule has 0 saturated heterocycles. The number of H-pyrrole nitrogens is 1. The van der Waals surface area contributed by atoms with Crippen molar-refractivity contribution in [3.05, 3.63) is 82.0 Å². The molecule has 2 N–H and O–H groups in total. The summed E-state index contributed by atoms with van der Waals surface area (Å²) in [6.07, 6.45) is 0.304. The number of hydrogen-bond donors (Lipinski definition) is 2. The molecule has 0 aliphatic rings. The van der Waals surface area contributed by atoms with Crippen molar-refractivity contribution in [1.29, 1.82) is 0 Å². The topological polar surface area (TPSA) is 74.8 Å². The van der Waals surface area contributed by atoms with Crippen molar-refractivity contribution >= 4 is 34.0 Å². The summed E-state index contributed by atoms with van der Waals surface area (Å²) < 4.78 is 0. The fraction of sp³-hybridized carbons (Fsp3) is 0.0500. The fourth-order valence-corrected chi connectivity index (χ4v) is 3.44. The molecule has 0 aliphatic carbocycles. The van der Waals surface area contributed by atoms with Crippen LogP contribution in [0.25, 0.3) is 21.6 Å². The second-order valence-corrected chi connectivity index (χ2v) is 6.78. The zero-order chi connectivity index (χ0) is 17.9. The van der Waals surface area contributed by atoms with Crippen LogP contribution in [0.4, 0.5) is 5.69 Å². The van der Waals surface area contributed by atoms with Crippen molar-refractivity contribution in [2.45, 2.75) is 6.42 Å². The Kier molecular flexibility index (Phi) is 4.33. The maximum Gasteiger partial charge on any atom is 0.275 e. The summed E-state index contributed by atoms with van der Waals surface area (Å²) in [5.41, 5.74) is 3.03. The zero-order valence-corrected chi connectivity index (χ0v) is 14.5. The first-order valence-electron chi connectivity index (χ1n) is 8.11. The molecule has 2 heterocycles. The number of thiophene rings is 1. The number of carbonyl (C=O) groups excluding carboxylic acids is 1. The fourth-order valence-electron chi connectivity index (χ4n) is 2.73. The second-order valence-electron chi connectivity index (χ2n) is 5.83. The molecule has 26 heavy (non-hydrogen) atoms. The number of aromatic amines is 1. The van der Waals surface area contributed by atoms with Crippen molar-refractivity contribution in [3.8, 4) is 10.6 Å². The van der Waals surface area contributed by atoms with Gasteiger partial charge >= 0.3 is 0 Å². The van der Waals surface area contributed by atoms with E-state index in [9.17, 15) is 9.59 Å². The molecule has 2 aromatic heterocycles. The van der Waals surface area contributed by atoms with Gasteiger partial charge in [0, 0.05) is 5.69 Å². The first-order chi connectivity index (χ1) is 12.7. The molecule has 128 valence electrons. The molecule has 0 unspecified atom stereocenters. The average molecular weight is 361 g/mol. The molecule has 2 aromatic carbocycles. The highest BCUT2D eigenvalue weighted by atomic mass is 32.1. The number of fused-ring (bicyclic) bond motifs is 1. The molecular weight excluding hydrogens is 346 g/mol. The third-order valence-electron chi connectivity index (χ3n) is 3.94. The maximum atomic E-state index is 12.2. The third kappa shape index (κ3) is 3.41. The molecule has 5 nitrogen and oxygen atoms in total. The van der Waals surface area contributed by atoms with E-state index in [-0.39, 0.29) is 11.5 Å². The summed E-state index contributed by atoms with van der Waals surface area (Å²) in [7, 11) is 0. The Morgan fingerprint density at radius 3 is 2.69 bits per heavy atom. The quantitative estimate of drug-likeness (QED) is 0.580. The first kappa shape index (κ1) is 16.2. The standard InChI is InChI=1S/C20H15N3O2S/c24-18(11-13-5-2-1-3-6-13)21-14-8-9-15-16(12-14)22-19(20(25)23-15)17-7-4-10-26-17/h1-10,12H,11H2,(H,21,24)(H,23,25). The van der Waals surface area contributed by atoms with Crippen LogP contribution < -0.4 is 10.9 Å². The highest BCUT2D eigenvalue weighted by Crippen LogP contribution is 2.22. The van der Waals surface area contributed by atoms with Crippen LogP contribution >= 0.6 is 11.3 Å². The summed E-state index contributed by atoms with van der Waals surface area (Å²) in [5.74, 6) is -0.0987. The van der Waals surface area contributed by atoms with E-state index in [0.29, 0.717) is 28.8 Å². The van der Waals surface area contributed by atoms with Gasteiger partial charge in [0.15, 0.2) is 0 Å². The highest BCUT2D eigenvalue weighted by Gasteiger charge is 2.10.